The minimum absolute atomic E-state index is 0.0575. The van der Waals surface area contributed by atoms with Crippen molar-refractivity contribution < 1.29 is 4.79 Å². The predicted octanol–water partition coefficient (Wildman–Crippen LogP) is 1.46. The Morgan fingerprint density at radius 1 is 1.50 bits per heavy atom. The van der Waals surface area contributed by atoms with E-state index in [1.807, 2.05) is 6.08 Å². The van der Waals surface area contributed by atoms with Gasteiger partial charge in [0.2, 0.25) is 0 Å². The highest BCUT2D eigenvalue weighted by Crippen LogP contribution is 2.19. The van der Waals surface area contributed by atoms with Gasteiger partial charge in [-0.05, 0) is 15.9 Å². The predicted molar refractivity (Wildman–Crippen MR) is 50.6 cm³/mol. The average molecular weight is 225 g/mol. The molecule has 2 heterocycles. The van der Waals surface area contributed by atoms with Gasteiger partial charge in [-0.25, -0.2) is 4.99 Å². The van der Waals surface area contributed by atoms with Crippen LogP contribution in [0.25, 0.3) is 0 Å². The molecular weight excluding hydrogens is 220 g/mol. The maximum atomic E-state index is 10.8. The van der Waals surface area contributed by atoms with E-state index in [0.29, 0.717) is 5.84 Å². The molecule has 3 nitrogen and oxygen atoms in total. The van der Waals surface area contributed by atoms with Gasteiger partial charge in [0.1, 0.15) is 5.84 Å². The zero-order chi connectivity index (χ0) is 8.55. The van der Waals surface area contributed by atoms with Crippen LogP contribution in [-0.2, 0) is 4.79 Å². The summed E-state index contributed by atoms with van der Waals surface area (Å²) in [6.07, 6.45) is 6.85. The Morgan fingerprint density at radius 2 is 2.33 bits per heavy atom. The van der Waals surface area contributed by atoms with Crippen LogP contribution in [0.15, 0.2) is 32.7 Å². The van der Waals surface area contributed by atoms with Crippen LogP contribution < -0.4 is 0 Å². The second-order valence-electron chi connectivity index (χ2n) is 2.50. The standard InChI is InChI=1S/C8H5BrN2O/c9-6-3-5-1-2-7(12)11-8(5)10-4-6/h1-5H. The molecule has 0 radical (unpaired) electrons. The number of carbonyl (C=O) groups is 1. The number of allylic oxidation sites excluding steroid dienone is 1. The van der Waals surface area contributed by atoms with Crippen LogP contribution in [0, 0.1) is 5.92 Å². The highest BCUT2D eigenvalue weighted by Gasteiger charge is 2.18. The van der Waals surface area contributed by atoms with Crippen molar-refractivity contribution >= 4 is 33.9 Å². The number of dihydropyridines is 2. The van der Waals surface area contributed by atoms with Gasteiger partial charge >= 0.3 is 0 Å². The van der Waals surface area contributed by atoms with Gasteiger partial charge in [0.15, 0.2) is 0 Å². The van der Waals surface area contributed by atoms with Crippen LogP contribution in [0.3, 0.4) is 0 Å². The van der Waals surface area contributed by atoms with Gasteiger partial charge in [-0.1, -0.05) is 12.2 Å². The number of hydrogen-bond donors (Lipinski definition) is 0. The number of aliphatic imine (C=N–C) groups is 2. The van der Waals surface area contributed by atoms with Crippen molar-refractivity contribution in [3.8, 4) is 0 Å². The monoisotopic (exact) mass is 224 g/mol. The molecule has 0 N–H and O–H groups in total. The Balaban J connectivity index is 2.38. The van der Waals surface area contributed by atoms with Crippen LogP contribution in [0.5, 0.6) is 0 Å². The van der Waals surface area contributed by atoms with Crippen LogP contribution >= 0.6 is 15.9 Å². The molecule has 0 fully saturated rings. The van der Waals surface area contributed by atoms with Gasteiger partial charge in [-0.3, -0.25) is 4.79 Å². The summed E-state index contributed by atoms with van der Waals surface area (Å²) < 4.78 is 0.922. The molecular formula is C8H5BrN2O. The first-order valence-electron chi connectivity index (χ1n) is 3.48. The third kappa shape index (κ3) is 1.30. The van der Waals surface area contributed by atoms with E-state index in [0.717, 1.165) is 4.48 Å². The molecule has 0 spiro atoms. The number of fused-ring (bicyclic) bond motifs is 1. The minimum Gasteiger partial charge on any atom is -0.267 e. The lowest BCUT2D eigenvalue weighted by molar-refractivity contribution is -0.113. The molecule has 2 rings (SSSR count). The molecule has 60 valence electrons. The van der Waals surface area contributed by atoms with Crippen molar-refractivity contribution in [2.45, 2.75) is 0 Å². The molecule has 2 aliphatic heterocycles. The fraction of sp³-hybridized carbons (Fsp3) is 0.125. The molecule has 0 aromatic carbocycles. The Morgan fingerprint density at radius 3 is 3.17 bits per heavy atom. The summed E-state index contributed by atoms with van der Waals surface area (Å²) in [7, 11) is 0. The van der Waals surface area contributed by atoms with E-state index >= 15 is 0 Å². The molecule has 1 amide bonds. The molecule has 0 bridgehead atoms. The summed E-state index contributed by atoms with van der Waals surface area (Å²) in [5.74, 6) is 0.401. The van der Waals surface area contributed by atoms with E-state index in [1.54, 1.807) is 12.3 Å². The van der Waals surface area contributed by atoms with E-state index in [1.165, 1.54) is 6.08 Å². The van der Waals surface area contributed by atoms with Crippen LogP contribution in [0.1, 0.15) is 0 Å². The van der Waals surface area contributed by atoms with Crippen molar-refractivity contribution in [1.29, 1.82) is 0 Å². The van der Waals surface area contributed by atoms with Gasteiger partial charge in [-0.2, -0.15) is 4.99 Å². The zero-order valence-corrected chi connectivity index (χ0v) is 7.65. The van der Waals surface area contributed by atoms with Crippen LogP contribution in [0.2, 0.25) is 0 Å². The summed E-state index contributed by atoms with van der Waals surface area (Å²) in [5.41, 5.74) is 0. The lowest BCUT2D eigenvalue weighted by Gasteiger charge is -2.13. The number of hydrogen-bond acceptors (Lipinski definition) is 2. The number of rotatable bonds is 0. The topological polar surface area (TPSA) is 41.8 Å². The Kier molecular flexibility index (Phi) is 1.77. The molecule has 0 aromatic rings. The average Bonchev–Trinajstić information content (AvgIpc) is 2.05. The first kappa shape index (κ1) is 7.61. The third-order valence-electron chi connectivity index (χ3n) is 1.63. The highest BCUT2D eigenvalue weighted by atomic mass is 79.9. The molecule has 4 heteroatoms. The second-order valence-corrected chi connectivity index (χ2v) is 3.42. The number of amides is 1. The van der Waals surface area contributed by atoms with Crippen molar-refractivity contribution in [3.05, 3.63) is 22.7 Å². The maximum absolute atomic E-state index is 10.8. The molecule has 0 aliphatic carbocycles. The summed E-state index contributed by atoms with van der Waals surface area (Å²) in [6, 6.07) is 0. The fourth-order valence-electron chi connectivity index (χ4n) is 1.08. The number of nitrogens with zero attached hydrogens (tertiary/aromatic N) is 2. The minimum atomic E-state index is -0.232. The van der Waals surface area contributed by atoms with E-state index in [4.69, 9.17) is 0 Å². The third-order valence-corrected chi connectivity index (χ3v) is 2.10. The van der Waals surface area contributed by atoms with Gasteiger partial charge < -0.3 is 0 Å². The fourth-order valence-corrected chi connectivity index (χ4v) is 1.47. The summed E-state index contributed by atoms with van der Waals surface area (Å²) in [4.78, 5) is 18.6. The van der Waals surface area contributed by atoms with Gasteiger partial charge in [-0.15, -0.1) is 0 Å². The Hall–Kier alpha value is -1.03. The summed E-state index contributed by atoms with van der Waals surface area (Å²) in [6.45, 7) is 0. The molecule has 0 saturated heterocycles. The molecule has 12 heavy (non-hydrogen) atoms. The van der Waals surface area contributed by atoms with E-state index < -0.39 is 0 Å². The van der Waals surface area contributed by atoms with E-state index in [9.17, 15) is 4.79 Å². The number of halogens is 1. The quantitative estimate of drug-likeness (QED) is 0.615. The summed E-state index contributed by atoms with van der Waals surface area (Å²) >= 11 is 3.30. The van der Waals surface area contributed by atoms with Crippen LogP contribution in [0.4, 0.5) is 0 Å². The molecule has 0 saturated carbocycles. The first-order chi connectivity index (χ1) is 5.75. The normalized spacial score (nSPS) is 26.4. The largest absolute Gasteiger partial charge is 0.271 e. The number of carbonyl (C=O) groups excluding carboxylic acids is 1. The van der Waals surface area contributed by atoms with Crippen molar-refractivity contribution in [2.75, 3.05) is 0 Å². The van der Waals surface area contributed by atoms with Crippen molar-refractivity contribution in [3.63, 3.8) is 0 Å². The Labute approximate surface area is 77.7 Å². The van der Waals surface area contributed by atoms with E-state index in [2.05, 4.69) is 25.9 Å². The van der Waals surface area contributed by atoms with Crippen molar-refractivity contribution in [2.24, 2.45) is 15.9 Å². The SMILES string of the molecule is O=C1C=CC2C=C(Br)C=NC2=N1. The maximum Gasteiger partial charge on any atom is 0.271 e. The lowest BCUT2D eigenvalue weighted by Crippen LogP contribution is -2.17. The van der Waals surface area contributed by atoms with Crippen LogP contribution in [-0.4, -0.2) is 18.0 Å². The smallest absolute Gasteiger partial charge is 0.267 e. The second kappa shape index (κ2) is 2.79. The van der Waals surface area contributed by atoms with Gasteiger partial charge in [0, 0.05) is 16.8 Å². The molecule has 1 atom stereocenters. The first-order valence-corrected chi connectivity index (χ1v) is 4.27. The van der Waals surface area contributed by atoms with Crippen molar-refractivity contribution in [1.82, 2.24) is 0 Å². The summed E-state index contributed by atoms with van der Waals surface area (Å²) in [5, 5.41) is 0. The van der Waals surface area contributed by atoms with E-state index in [-0.39, 0.29) is 11.8 Å². The Bertz CT molecular complexity index is 352. The van der Waals surface area contributed by atoms with Gasteiger partial charge in [0.05, 0.1) is 5.92 Å². The molecule has 2 aliphatic rings. The molecule has 0 aromatic heterocycles. The zero-order valence-electron chi connectivity index (χ0n) is 6.07. The number of amidine groups is 1. The highest BCUT2D eigenvalue weighted by molar-refractivity contribution is 9.12. The molecule has 1 unspecified atom stereocenters. The lowest BCUT2D eigenvalue weighted by atomic mass is 10.0. The van der Waals surface area contributed by atoms with Gasteiger partial charge in [0.25, 0.3) is 5.91 Å².